The van der Waals surface area contributed by atoms with Gasteiger partial charge in [0.15, 0.2) is 9.84 Å². The number of rotatable bonds is 1. The molecule has 0 bridgehead atoms. The lowest BCUT2D eigenvalue weighted by molar-refractivity contribution is 0.593. The highest BCUT2D eigenvalue weighted by Crippen LogP contribution is 2.48. The number of hydrogen-bond acceptors (Lipinski definition) is 4. The Labute approximate surface area is 178 Å². The average Bonchev–Trinajstić information content (AvgIpc) is 3.28. The van der Waals surface area contributed by atoms with Crippen molar-refractivity contribution in [1.29, 1.82) is 0 Å². The first-order chi connectivity index (χ1) is 14.4. The number of sulfone groups is 1. The average molecular weight is 436 g/mol. The summed E-state index contributed by atoms with van der Waals surface area (Å²) in [5, 5.41) is 1.09. The molecule has 0 N–H and O–H groups in total. The van der Waals surface area contributed by atoms with Crippen LogP contribution in [0, 0.1) is 12.7 Å². The van der Waals surface area contributed by atoms with Crippen LogP contribution in [0.15, 0.2) is 47.4 Å². The molecule has 0 amide bonds. The molecule has 0 saturated carbocycles. The van der Waals surface area contributed by atoms with Gasteiger partial charge in [0, 0.05) is 21.4 Å². The topological polar surface area (TPSA) is 47.0 Å². The molecule has 30 heavy (non-hydrogen) atoms. The van der Waals surface area contributed by atoms with E-state index in [9.17, 15) is 12.8 Å². The number of pyridine rings is 1. The molecule has 3 nitrogen and oxygen atoms in total. The molecule has 0 spiro atoms. The lowest BCUT2D eigenvalue weighted by Gasteiger charge is -2.23. The minimum Gasteiger partial charge on any atom is -0.236 e. The fraction of sp³-hybridized carbons (Fsp3) is 0.208. The molecule has 6 heteroatoms. The molecule has 1 aliphatic carbocycles. The molecule has 0 unspecified atom stereocenters. The molecule has 150 valence electrons. The van der Waals surface area contributed by atoms with Gasteiger partial charge in [0.25, 0.3) is 0 Å². The van der Waals surface area contributed by atoms with Crippen LogP contribution >= 0.6 is 11.3 Å². The minimum absolute atomic E-state index is 0.113. The third-order valence-electron chi connectivity index (χ3n) is 6.16. The van der Waals surface area contributed by atoms with Crippen molar-refractivity contribution in [3.8, 4) is 22.4 Å². The number of hydrogen-bond donors (Lipinski definition) is 0. The summed E-state index contributed by atoms with van der Waals surface area (Å²) in [4.78, 5) is 7.35. The SMILES string of the molecule is Cc1ccc(-c2c3c(nc4sc5c(c24)CCC5)-c2cc(F)ccc2S(=O)(=O)C3)cc1. The molecule has 3 heterocycles. The van der Waals surface area contributed by atoms with Crippen molar-refractivity contribution in [3.63, 3.8) is 0 Å². The van der Waals surface area contributed by atoms with Gasteiger partial charge in [-0.15, -0.1) is 11.3 Å². The molecule has 0 atom stereocenters. The van der Waals surface area contributed by atoms with Gasteiger partial charge in [-0.05, 0) is 61.1 Å². The van der Waals surface area contributed by atoms with Gasteiger partial charge in [-0.25, -0.2) is 17.8 Å². The van der Waals surface area contributed by atoms with Crippen LogP contribution in [0.1, 0.15) is 28.0 Å². The maximum absolute atomic E-state index is 14.1. The van der Waals surface area contributed by atoms with Crippen LogP contribution in [-0.2, 0) is 28.4 Å². The number of halogens is 1. The highest BCUT2D eigenvalue weighted by atomic mass is 32.2. The maximum Gasteiger partial charge on any atom is 0.183 e. The lowest BCUT2D eigenvalue weighted by Crippen LogP contribution is -2.15. The second-order valence-electron chi connectivity index (χ2n) is 8.12. The maximum atomic E-state index is 14.1. The van der Waals surface area contributed by atoms with Crippen molar-refractivity contribution in [3.05, 3.63) is 69.8 Å². The van der Waals surface area contributed by atoms with Gasteiger partial charge in [-0.2, -0.15) is 0 Å². The summed E-state index contributed by atoms with van der Waals surface area (Å²) in [6.07, 6.45) is 3.15. The van der Waals surface area contributed by atoms with Gasteiger partial charge in [0.1, 0.15) is 10.6 Å². The molecule has 6 rings (SSSR count). The summed E-state index contributed by atoms with van der Waals surface area (Å²) in [5.41, 5.74) is 6.07. The zero-order valence-corrected chi connectivity index (χ0v) is 18.0. The number of nitrogens with zero attached hydrogens (tertiary/aromatic N) is 1. The predicted octanol–water partition coefficient (Wildman–Crippen LogP) is 5.85. The summed E-state index contributed by atoms with van der Waals surface area (Å²) in [6, 6.07) is 12.1. The van der Waals surface area contributed by atoms with E-state index in [1.807, 2.05) is 19.1 Å². The summed E-state index contributed by atoms with van der Waals surface area (Å²) in [6.45, 7) is 2.03. The molecule has 0 radical (unpaired) electrons. The lowest BCUT2D eigenvalue weighted by atomic mass is 9.92. The van der Waals surface area contributed by atoms with Crippen molar-refractivity contribution >= 4 is 31.4 Å². The Bertz CT molecular complexity index is 1470. The highest BCUT2D eigenvalue weighted by molar-refractivity contribution is 7.91. The van der Waals surface area contributed by atoms with Gasteiger partial charge in [0.05, 0.1) is 16.3 Å². The summed E-state index contributed by atoms with van der Waals surface area (Å²) < 4.78 is 40.4. The van der Waals surface area contributed by atoms with Crippen molar-refractivity contribution < 1.29 is 12.8 Å². The van der Waals surface area contributed by atoms with Gasteiger partial charge in [-0.1, -0.05) is 29.8 Å². The van der Waals surface area contributed by atoms with E-state index in [0.717, 1.165) is 46.2 Å². The molecule has 1 aliphatic heterocycles. The number of fused-ring (bicyclic) bond motifs is 6. The van der Waals surface area contributed by atoms with Gasteiger partial charge < -0.3 is 0 Å². The summed E-state index contributed by atoms with van der Waals surface area (Å²) in [7, 11) is -3.58. The van der Waals surface area contributed by atoms with Crippen LogP contribution in [-0.4, -0.2) is 13.4 Å². The summed E-state index contributed by atoms with van der Waals surface area (Å²) in [5.74, 6) is -0.568. The smallest absolute Gasteiger partial charge is 0.183 e. The fourth-order valence-electron chi connectivity index (χ4n) is 4.79. The Kier molecular flexibility index (Phi) is 3.78. The number of aryl methyl sites for hydroxylation is 3. The second kappa shape index (κ2) is 6.22. The van der Waals surface area contributed by atoms with Crippen LogP contribution in [0.25, 0.3) is 32.6 Å². The monoisotopic (exact) mass is 435 g/mol. The summed E-state index contributed by atoms with van der Waals surface area (Å²) >= 11 is 1.70. The predicted molar refractivity (Wildman–Crippen MR) is 118 cm³/mol. The molecule has 0 saturated heterocycles. The number of benzene rings is 2. The van der Waals surface area contributed by atoms with Crippen LogP contribution in [0.3, 0.4) is 0 Å². The standard InChI is InChI=1S/C24H18FNO2S2/c1-13-5-7-14(8-6-13)21-18-12-30(27,28)20-10-9-15(25)11-17(20)23(18)26-24-22(21)16-3-2-4-19(16)29-24/h5-11H,2-4,12H2,1H3. The molecular weight excluding hydrogens is 417 g/mol. The zero-order valence-electron chi connectivity index (χ0n) is 16.3. The number of thiophene rings is 1. The molecule has 0 fully saturated rings. The normalized spacial score (nSPS) is 16.3. The highest BCUT2D eigenvalue weighted by Gasteiger charge is 2.34. The fourth-order valence-corrected chi connectivity index (χ4v) is 7.65. The van der Waals surface area contributed by atoms with E-state index in [0.29, 0.717) is 16.8 Å². The molecular formula is C24H18FNO2S2. The Morgan fingerprint density at radius 2 is 1.83 bits per heavy atom. The zero-order chi connectivity index (χ0) is 20.6. The Hall–Kier alpha value is -2.57. The third-order valence-corrected chi connectivity index (χ3v) is 9.04. The van der Waals surface area contributed by atoms with E-state index < -0.39 is 15.7 Å². The van der Waals surface area contributed by atoms with Crippen molar-refractivity contribution in [2.24, 2.45) is 0 Å². The first kappa shape index (κ1) is 18.2. The quantitative estimate of drug-likeness (QED) is 0.352. The van der Waals surface area contributed by atoms with E-state index in [4.69, 9.17) is 4.98 Å². The van der Waals surface area contributed by atoms with E-state index in [1.165, 1.54) is 28.6 Å². The molecule has 2 aromatic carbocycles. The Morgan fingerprint density at radius 3 is 2.63 bits per heavy atom. The first-order valence-corrected chi connectivity index (χ1v) is 12.5. The Morgan fingerprint density at radius 1 is 1.03 bits per heavy atom. The third kappa shape index (κ3) is 2.53. The second-order valence-corrected chi connectivity index (χ2v) is 11.2. The first-order valence-electron chi connectivity index (χ1n) is 9.99. The Balaban J connectivity index is 1.79. The molecule has 2 aromatic heterocycles. The van der Waals surface area contributed by atoms with Crippen LogP contribution in [0.4, 0.5) is 4.39 Å². The minimum atomic E-state index is -3.58. The molecule has 4 aromatic rings. The van der Waals surface area contributed by atoms with E-state index in [1.54, 1.807) is 11.3 Å². The van der Waals surface area contributed by atoms with Crippen molar-refractivity contribution in [2.75, 3.05) is 0 Å². The largest absolute Gasteiger partial charge is 0.236 e. The van der Waals surface area contributed by atoms with Gasteiger partial charge >= 0.3 is 0 Å². The number of aromatic nitrogens is 1. The van der Waals surface area contributed by atoms with Crippen LogP contribution < -0.4 is 0 Å². The van der Waals surface area contributed by atoms with E-state index in [2.05, 4.69) is 12.1 Å². The van der Waals surface area contributed by atoms with E-state index in [-0.39, 0.29) is 10.6 Å². The van der Waals surface area contributed by atoms with Crippen molar-refractivity contribution in [2.45, 2.75) is 36.8 Å². The van der Waals surface area contributed by atoms with Gasteiger partial charge in [-0.3, -0.25) is 0 Å². The van der Waals surface area contributed by atoms with Crippen molar-refractivity contribution in [1.82, 2.24) is 4.98 Å². The van der Waals surface area contributed by atoms with E-state index >= 15 is 0 Å². The molecule has 2 aliphatic rings. The van der Waals surface area contributed by atoms with Crippen LogP contribution in [0.5, 0.6) is 0 Å². The van der Waals surface area contributed by atoms with Crippen LogP contribution in [0.2, 0.25) is 0 Å². The van der Waals surface area contributed by atoms with Gasteiger partial charge in [0.2, 0.25) is 0 Å².